The Balaban J connectivity index is 0.00000128. The van der Waals surface area contributed by atoms with Gasteiger partial charge in [0.1, 0.15) is 0 Å². The Morgan fingerprint density at radius 2 is 1.94 bits per heavy atom. The van der Waals surface area contributed by atoms with Crippen LogP contribution in [-0.2, 0) is 0 Å². The van der Waals surface area contributed by atoms with Crippen LogP contribution in [0.1, 0.15) is 45.4 Å². The Morgan fingerprint density at radius 1 is 1.12 bits per heavy atom. The smallest absolute Gasteiger partial charge is 0.00927 e. The molecule has 0 aromatic heterocycles. The first-order valence-corrected chi connectivity index (χ1v) is 6.85. The number of likely N-dealkylation sites (tertiary alicyclic amines) is 1. The molecule has 0 spiro atoms. The van der Waals surface area contributed by atoms with Crippen molar-refractivity contribution in [3.8, 4) is 0 Å². The van der Waals surface area contributed by atoms with Gasteiger partial charge < -0.3 is 10.2 Å². The minimum Gasteiger partial charge on any atom is -0.316 e. The summed E-state index contributed by atoms with van der Waals surface area (Å²) in [7, 11) is 0. The maximum absolute atomic E-state index is 3.53. The van der Waals surface area contributed by atoms with Crippen LogP contribution in [0.3, 0.4) is 0 Å². The van der Waals surface area contributed by atoms with E-state index in [1.54, 1.807) is 0 Å². The quantitative estimate of drug-likeness (QED) is 0.856. The summed E-state index contributed by atoms with van der Waals surface area (Å²) in [5, 5.41) is 3.53. The molecule has 2 atom stereocenters. The lowest BCUT2D eigenvalue weighted by Gasteiger charge is -2.38. The maximum atomic E-state index is 3.53. The van der Waals surface area contributed by atoms with E-state index in [0.717, 1.165) is 12.0 Å². The zero-order valence-corrected chi connectivity index (χ0v) is 12.6. The molecule has 0 aromatic rings. The third-order valence-electron chi connectivity index (χ3n) is 4.11. The second-order valence-corrected chi connectivity index (χ2v) is 5.27. The third kappa shape index (κ3) is 5.34. The summed E-state index contributed by atoms with van der Waals surface area (Å²) in [5.41, 5.74) is 0. The van der Waals surface area contributed by atoms with Crippen molar-refractivity contribution in [1.29, 1.82) is 0 Å². The SMILES string of the molecule is CCC1CCCCN1CC1CCCNC1.Cl.Cl. The molecule has 2 fully saturated rings. The minimum absolute atomic E-state index is 0. The van der Waals surface area contributed by atoms with Crippen LogP contribution >= 0.6 is 24.8 Å². The molecule has 2 aliphatic rings. The van der Waals surface area contributed by atoms with E-state index in [1.807, 2.05) is 0 Å². The van der Waals surface area contributed by atoms with Gasteiger partial charge in [-0.15, -0.1) is 24.8 Å². The van der Waals surface area contributed by atoms with E-state index in [1.165, 1.54) is 64.7 Å². The molecule has 2 heterocycles. The highest BCUT2D eigenvalue weighted by Gasteiger charge is 2.24. The van der Waals surface area contributed by atoms with Crippen molar-refractivity contribution < 1.29 is 0 Å². The first kappa shape index (κ1) is 17.5. The van der Waals surface area contributed by atoms with Gasteiger partial charge in [0.15, 0.2) is 0 Å². The van der Waals surface area contributed by atoms with E-state index in [-0.39, 0.29) is 24.8 Å². The molecule has 4 heteroatoms. The molecule has 2 nitrogen and oxygen atoms in total. The fourth-order valence-corrected chi connectivity index (χ4v) is 3.17. The van der Waals surface area contributed by atoms with Gasteiger partial charge in [0.2, 0.25) is 0 Å². The molecule has 2 aliphatic heterocycles. The van der Waals surface area contributed by atoms with Gasteiger partial charge in [-0.3, -0.25) is 0 Å². The standard InChI is InChI=1S/C13H26N2.2ClH/c1-2-13-7-3-4-9-15(13)11-12-6-5-8-14-10-12;;/h12-14H,2-11H2,1H3;2*1H. The van der Waals surface area contributed by atoms with Crippen molar-refractivity contribution >= 4 is 24.8 Å². The largest absolute Gasteiger partial charge is 0.316 e. The monoisotopic (exact) mass is 282 g/mol. The van der Waals surface area contributed by atoms with Crippen molar-refractivity contribution in [2.24, 2.45) is 5.92 Å². The lowest BCUT2D eigenvalue weighted by atomic mass is 9.94. The fourth-order valence-electron chi connectivity index (χ4n) is 3.17. The predicted molar refractivity (Wildman–Crippen MR) is 79.6 cm³/mol. The van der Waals surface area contributed by atoms with Gasteiger partial charge in [0.25, 0.3) is 0 Å². The van der Waals surface area contributed by atoms with Crippen molar-refractivity contribution in [3.63, 3.8) is 0 Å². The average molecular weight is 283 g/mol. The van der Waals surface area contributed by atoms with Crippen LogP contribution in [0.25, 0.3) is 0 Å². The van der Waals surface area contributed by atoms with Gasteiger partial charge in [-0.25, -0.2) is 0 Å². The van der Waals surface area contributed by atoms with Crippen LogP contribution in [0.5, 0.6) is 0 Å². The van der Waals surface area contributed by atoms with Crippen LogP contribution in [-0.4, -0.2) is 37.1 Å². The van der Waals surface area contributed by atoms with Gasteiger partial charge in [-0.05, 0) is 57.7 Å². The van der Waals surface area contributed by atoms with Crippen LogP contribution in [0.2, 0.25) is 0 Å². The summed E-state index contributed by atoms with van der Waals surface area (Å²) in [6.45, 7) is 7.56. The molecule has 1 N–H and O–H groups in total. The second-order valence-electron chi connectivity index (χ2n) is 5.27. The summed E-state index contributed by atoms with van der Waals surface area (Å²) < 4.78 is 0. The Hall–Kier alpha value is 0.500. The number of piperidine rings is 2. The lowest BCUT2D eigenvalue weighted by molar-refractivity contribution is 0.114. The van der Waals surface area contributed by atoms with E-state index in [2.05, 4.69) is 17.1 Å². The van der Waals surface area contributed by atoms with E-state index in [9.17, 15) is 0 Å². The third-order valence-corrected chi connectivity index (χ3v) is 4.11. The van der Waals surface area contributed by atoms with Gasteiger partial charge in [-0.2, -0.15) is 0 Å². The van der Waals surface area contributed by atoms with Gasteiger partial charge in [0.05, 0.1) is 0 Å². The molecule has 2 rings (SSSR count). The van der Waals surface area contributed by atoms with Crippen LogP contribution in [0.4, 0.5) is 0 Å². The molecule has 0 amide bonds. The predicted octanol–water partition coefficient (Wildman–Crippen LogP) is 3.09. The summed E-state index contributed by atoms with van der Waals surface area (Å²) in [6, 6.07) is 0.890. The first-order chi connectivity index (χ1) is 7.40. The molecule has 0 aliphatic carbocycles. The number of hydrogen-bond donors (Lipinski definition) is 1. The molecule has 0 bridgehead atoms. The van der Waals surface area contributed by atoms with E-state index in [0.29, 0.717) is 0 Å². The fraction of sp³-hybridized carbons (Fsp3) is 1.00. The maximum Gasteiger partial charge on any atom is 0.00927 e. The number of rotatable bonds is 3. The summed E-state index contributed by atoms with van der Waals surface area (Å²) in [5.74, 6) is 0.922. The van der Waals surface area contributed by atoms with Crippen molar-refractivity contribution in [3.05, 3.63) is 0 Å². The van der Waals surface area contributed by atoms with E-state index in [4.69, 9.17) is 0 Å². The highest BCUT2D eigenvalue weighted by molar-refractivity contribution is 5.85. The highest BCUT2D eigenvalue weighted by Crippen LogP contribution is 2.22. The van der Waals surface area contributed by atoms with Crippen molar-refractivity contribution in [2.75, 3.05) is 26.2 Å². The average Bonchev–Trinajstić information content (AvgIpc) is 2.31. The number of halogens is 2. The van der Waals surface area contributed by atoms with Crippen molar-refractivity contribution in [2.45, 2.75) is 51.5 Å². The van der Waals surface area contributed by atoms with Crippen LogP contribution in [0.15, 0.2) is 0 Å². The molecular formula is C13H28Cl2N2. The molecule has 0 radical (unpaired) electrons. The topological polar surface area (TPSA) is 15.3 Å². The normalized spacial score (nSPS) is 30.2. The van der Waals surface area contributed by atoms with Crippen LogP contribution < -0.4 is 5.32 Å². The number of nitrogens with zero attached hydrogens (tertiary/aromatic N) is 1. The molecule has 17 heavy (non-hydrogen) atoms. The lowest BCUT2D eigenvalue weighted by Crippen LogP contribution is -2.45. The molecular weight excluding hydrogens is 255 g/mol. The van der Waals surface area contributed by atoms with Crippen molar-refractivity contribution in [1.82, 2.24) is 10.2 Å². The highest BCUT2D eigenvalue weighted by atomic mass is 35.5. The Kier molecular flexibility index (Phi) is 9.71. The van der Waals surface area contributed by atoms with Crippen LogP contribution in [0, 0.1) is 5.92 Å². The minimum atomic E-state index is 0. The first-order valence-electron chi connectivity index (χ1n) is 6.85. The Bertz CT molecular complexity index is 184. The number of hydrogen-bond acceptors (Lipinski definition) is 2. The van der Waals surface area contributed by atoms with Gasteiger partial charge >= 0.3 is 0 Å². The molecule has 104 valence electrons. The molecule has 2 unspecified atom stereocenters. The zero-order chi connectivity index (χ0) is 10.5. The van der Waals surface area contributed by atoms with Gasteiger partial charge in [0, 0.05) is 12.6 Å². The summed E-state index contributed by atoms with van der Waals surface area (Å²) in [6.07, 6.45) is 8.50. The molecule has 2 saturated heterocycles. The zero-order valence-electron chi connectivity index (χ0n) is 11.0. The van der Waals surface area contributed by atoms with Gasteiger partial charge in [-0.1, -0.05) is 13.3 Å². The Labute approximate surface area is 119 Å². The van der Waals surface area contributed by atoms with E-state index >= 15 is 0 Å². The molecule has 0 aromatic carbocycles. The second kappa shape index (κ2) is 9.43. The number of nitrogens with one attached hydrogen (secondary N) is 1. The molecule has 0 saturated carbocycles. The summed E-state index contributed by atoms with van der Waals surface area (Å²) >= 11 is 0. The summed E-state index contributed by atoms with van der Waals surface area (Å²) in [4.78, 5) is 2.77. The van der Waals surface area contributed by atoms with E-state index < -0.39 is 0 Å². The Morgan fingerprint density at radius 3 is 2.59 bits per heavy atom.